The smallest absolute Gasteiger partial charge is 0.123 e. The Bertz CT molecular complexity index is 514. The molecule has 2 nitrogen and oxygen atoms in total. The Labute approximate surface area is 135 Å². The molecule has 3 heteroatoms. The van der Waals surface area contributed by atoms with Crippen LogP contribution in [0, 0.1) is 17.8 Å². The van der Waals surface area contributed by atoms with Gasteiger partial charge in [-0.05, 0) is 68.1 Å². The van der Waals surface area contributed by atoms with Crippen molar-refractivity contribution < 1.29 is 4.74 Å². The van der Waals surface area contributed by atoms with Gasteiger partial charge in [0, 0.05) is 22.6 Å². The van der Waals surface area contributed by atoms with Gasteiger partial charge in [0.2, 0.25) is 0 Å². The van der Waals surface area contributed by atoms with Crippen LogP contribution < -0.4 is 10.1 Å². The summed E-state index contributed by atoms with van der Waals surface area (Å²) in [7, 11) is 0. The third kappa shape index (κ3) is 3.29. The second kappa shape index (κ2) is 5.92. The Hall–Kier alpha value is -0.540. The van der Waals surface area contributed by atoms with Crippen molar-refractivity contribution in [2.24, 2.45) is 17.8 Å². The number of nitrogens with one attached hydrogen (secondary N) is 1. The lowest BCUT2D eigenvalue weighted by atomic mass is 9.89. The van der Waals surface area contributed by atoms with Crippen LogP contribution in [-0.2, 0) is 6.54 Å². The topological polar surface area (TPSA) is 21.3 Å². The Morgan fingerprint density at radius 1 is 1.14 bits per heavy atom. The Morgan fingerprint density at radius 3 is 2.76 bits per heavy atom. The molecule has 114 valence electrons. The first-order chi connectivity index (χ1) is 10.3. The highest BCUT2D eigenvalue weighted by atomic mass is 79.9. The first-order valence-corrected chi connectivity index (χ1v) is 9.22. The maximum Gasteiger partial charge on any atom is 0.123 e. The molecule has 0 spiro atoms. The number of ether oxygens (including phenoxy) is 1. The van der Waals surface area contributed by atoms with Gasteiger partial charge in [-0.2, -0.15) is 0 Å². The average molecular weight is 350 g/mol. The summed E-state index contributed by atoms with van der Waals surface area (Å²) in [6.45, 7) is 1.84. The number of halogens is 1. The molecular weight excluding hydrogens is 326 g/mol. The summed E-state index contributed by atoms with van der Waals surface area (Å²) in [4.78, 5) is 0. The van der Waals surface area contributed by atoms with E-state index in [4.69, 9.17) is 4.74 Å². The zero-order valence-corrected chi connectivity index (χ0v) is 14.1. The normalized spacial score (nSPS) is 30.8. The van der Waals surface area contributed by atoms with Crippen molar-refractivity contribution in [3.05, 3.63) is 28.2 Å². The zero-order valence-electron chi connectivity index (χ0n) is 12.5. The van der Waals surface area contributed by atoms with Gasteiger partial charge in [0.05, 0.1) is 6.61 Å². The Morgan fingerprint density at radius 2 is 2.05 bits per heavy atom. The first-order valence-electron chi connectivity index (χ1n) is 8.42. The Kier molecular flexibility index (Phi) is 3.97. The monoisotopic (exact) mass is 349 g/mol. The van der Waals surface area contributed by atoms with Crippen LogP contribution in [0.1, 0.15) is 44.1 Å². The zero-order chi connectivity index (χ0) is 14.2. The van der Waals surface area contributed by atoms with Crippen LogP contribution in [0.25, 0.3) is 0 Å². The molecule has 3 aliphatic rings. The molecule has 0 radical (unpaired) electrons. The largest absolute Gasteiger partial charge is 0.493 e. The summed E-state index contributed by atoms with van der Waals surface area (Å²) in [5.74, 6) is 3.83. The van der Waals surface area contributed by atoms with Crippen molar-refractivity contribution in [1.82, 2.24) is 5.32 Å². The van der Waals surface area contributed by atoms with Gasteiger partial charge in [0.15, 0.2) is 0 Å². The van der Waals surface area contributed by atoms with Crippen LogP contribution in [-0.4, -0.2) is 12.6 Å². The SMILES string of the molecule is Brc1ccc(OCC2CC3CCC2C3)c(CNC2CC2)c1. The minimum Gasteiger partial charge on any atom is -0.493 e. The average Bonchev–Trinajstić information content (AvgIpc) is 3.08. The minimum absolute atomic E-state index is 0.738. The number of fused-ring (bicyclic) bond motifs is 2. The fraction of sp³-hybridized carbons (Fsp3) is 0.667. The van der Waals surface area contributed by atoms with Gasteiger partial charge < -0.3 is 10.1 Å². The molecule has 3 atom stereocenters. The molecule has 3 fully saturated rings. The summed E-state index contributed by atoms with van der Waals surface area (Å²) in [5, 5.41) is 3.59. The summed E-state index contributed by atoms with van der Waals surface area (Å²) < 4.78 is 7.36. The van der Waals surface area contributed by atoms with E-state index in [2.05, 4.69) is 39.4 Å². The van der Waals surface area contributed by atoms with Crippen molar-refractivity contribution in [2.75, 3.05) is 6.61 Å². The summed E-state index contributed by atoms with van der Waals surface area (Å²) in [6.07, 6.45) is 8.43. The van der Waals surface area contributed by atoms with Gasteiger partial charge in [-0.25, -0.2) is 0 Å². The number of hydrogen-bond donors (Lipinski definition) is 1. The van der Waals surface area contributed by atoms with E-state index in [9.17, 15) is 0 Å². The molecule has 2 bridgehead atoms. The second-order valence-corrected chi connectivity index (χ2v) is 8.07. The van der Waals surface area contributed by atoms with Gasteiger partial charge in [-0.1, -0.05) is 22.4 Å². The molecule has 1 N–H and O–H groups in total. The summed E-state index contributed by atoms with van der Waals surface area (Å²) in [6, 6.07) is 7.16. The molecule has 21 heavy (non-hydrogen) atoms. The third-order valence-electron chi connectivity index (χ3n) is 5.52. The van der Waals surface area contributed by atoms with Crippen LogP contribution in [0.2, 0.25) is 0 Å². The molecule has 0 aromatic heterocycles. The molecule has 0 aliphatic heterocycles. The maximum atomic E-state index is 6.22. The number of benzene rings is 1. The van der Waals surface area contributed by atoms with Gasteiger partial charge in [0.1, 0.15) is 5.75 Å². The van der Waals surface area contributed by atoms with Crippen LogP contribution in [0.5, 0.6) is 5.75 Å². The maximum absolute atomic E-state index is 6.22. The number of rotatable bonds is 6. The predicted octanol–water partition coefficient (Wildman–Crippen LogP) is 4.52. The second-order valence-electron chi connectivity index (χ2n) is 7.15. The van der Waals surface area contributed by atoms with Crippen LogP contribution in [0.15, 0.2) is 22.7 Å². The van der Waals surface area contributed by atoms with E-state index >= 15 is 0 Å². The highest BCUT2D eigenvalue weighted by Crippen LogP contribution is 2.48. The molecule has 0 heterocycles. The molecule has 3 aliphatic carbocycles. The van der Waals surface area contributed by atoms with Crippen molar-refractivity contribution in [2.45, 2.75) is 51.1 Å². The van der Waals surface area contributed by atoms with Crippen LogP contribution in [0.3, 0.4) is 0 Å². The molecule has 1 aromatic carbocycles. The van der Waals surface area contributed by atoms with Gasteiger partial charge in [0.25, 0.3) is 0 Å². The van der Waals surface area contributed by atoms with Crippen molar-refractivity contribution in [1.29, 1.82) is 0 Å². The molecule has 0 saturated heterocycles. The van der Waals surface area contributed by atoms with Gasteiger partial charge in [-0.15, -0.1) is 0 Å². The van der Waals surface area contributed by atoms with E-state index in [1.807, 2.05) is 0 Å². The molecule has 3 unspecified atom stereocenters. The molecule has 4 rings (SSSR count). The molecular formula is C18H24BrNO. The quantitative estimate of drug-likeness (QED) is 0.815. The van der Waals surface area contributed by atoms with Crippen molar-refractivity contribution >= 4 is 15.9 Å². The summed E-state index contributed by atoms with van der Waals surface area (Å²) in [5.41, 5.74) is 1.29. The summed E-state index contributed by atoms with van der Waals surface area (Å²) >= 11 is 3.58. The van der Waals surface area contributed by atoms with Crippen LogP contribution >= 0.6 is 15.9 Å². The highest BCUT2D eigenvalue weighted by molar-refractivity contribution is 9.10. The van der Waals surface area contributed by atoms with E-state index in [0.717, 1.165) is 47.2 Å². The van der Waals surface area contributed by atoms with Gasteiger partial charge in [-0.3, -0.25) is 0 Å². The molecule has 1 aromatic rings. The third-order valence-corrected chi connectivity index (χ3v) is 6.01. The van der Waals surface area contributed by atoms with E-state index in [1.165, 1.54) is 44.1 Å². The highest BCUT2D eigenvalue weighted by Gasteiger charge is 2.39. The standard InChI is InChI=1S/C18H24BrNO/c19-16-3-6-18(14(9-16)10-20-17-4-5-17)21-11-15-8-12-1-2-13(15)7-12/h3,6,9,12-13,15,17,20H,1-2,4-5,7-8,10-11H2. The fourth-order valence-corrected chi connectivity index (χ4v) is 4.55. The van der Waals surface area contributed by atoms with Crippen LogP contribution in [0.4, 0.5) is 0 Å². The lowest BCUT2D eigenvalue weighted by Gasteiger charge is -2.22. The van der Waals surface area contributed by atoms with E-state index < -0.39 is 0 Å². The van der Waals surface area contributed by atoms with E-state index in [1.54, 1.807) is 0 Å². The first kappa shape index (κ1) is 14.1. The Balaban J connectivity index is 1.38. The van der Waals surface area contributed by atoms with E-state index in [-0.39, 0.29) is 0 Å². The van der Waals surface area contributed by atoms with Gasteiger partial charge >= 0.3 is 0 Å². The number of hydrogen-bond acceptors (Lipinski definition) is 2. The fourth-order valence-electron chi connectivity index (χ4n) is 4.15. The lowest BCUT2D eigenvalue weighted by Crippen LogP contribution is -2.20. The predicted molar refractivity (Wildman–Crippen MR) is 88.4 cm³/mol. The van der Waals surface area contributed by atoms with E-state index in [0.29, 0.717) is 0 Å². The minimum atomic E-state index is 0.738. The van der Waals surface area contributed by atoms with Crippen molar-refractivity contribution in [3.63, 3.8) is 0 Å². The molecule has 0 amide bonds. The van der Waals surface area contributed by atoms with Crippen molar-refractivity contribution in [3.8, 4) is 5.75 Å². The lowest BCUT2D eigenvalue weighted by molar-refractivity contribution is 0.193. The molecule has 3 saturated carbocycles.